The van der Waals surface area contributed by atoms with E-state index < -0.39 is 18.0 Å². The highest BCUT2D eigenvalue weighted by Crippen LogP contribution is 2.22. The van der Waals surface area contributed by atoms with Crippen molar-refractivity contribution in [3.63, 3.8) is 0 Å². The first-order chi connectivity index (χ1) is 12.8. The van der Waals surface area contributed by atoms with Gasteiger partial charge in [-0.25, -0.2) is 9.59 Å². The van der Waals surface area contributed by atoms with E-state index in [9.17, 15) is 14.4 Å². The van der Waals surface area contributed by atoms with E-state index in [4.69, 9.17) is 9.47 Å². The summed E-state index contributed by atoms with van der Waals surface area (Å²) in [7, 11) is 1.29. The minimum absolute atomic E-state index is 0.252. The van der Waals surface area contributed by atoms with Crippen molar-refractivity contribution in [3.05, 3.63) is 52.3 Å². The molecular formula is C20H23NO6. The molecule has 27 heavy (non-hydrogen) atoms. The third kappa shape index (κ3) is 4.36. The van der Waals surface area contributed by atoms with Crippen LogP contribution < -0.4 is 4.74 Å². The number of carbonyl (C=O) groups is 3. The lowest BCUT2D eigenvalue weighted by molar-refractivity contribution is 0.0524. The first-order valence-corrected chi connectivity index (χ1v) is 8.55. The number of Topliss-reactive ketones (excluding diaryl/α,β-unsaturated/α-hetero) is 1. The van der Waals surface area contributed by atoms with Crippen LogP contribution in [0.5, 0.6) is 5.75 Å². The summed E-state index contributed by atoms with van der Waals surface area (Å²) in [5.74, 6) is -0.906. The Morgan fingerprint density at radius 3 is 2.48 bits per heavy atom. The van der Waals surface area contributed by atoms with Crippen LogP contribution >= 0.6 is 0 Å². The summed E-state index contributed by atoms with van der Waals surface area (Å²) in [6, 6.07) is 6.39. The molecule has 7 nitrogen and oxygen atoms in total. The fraction of sp³-hybridized carbons (Fsp3) is 0.350. The number of nitrogens with one attached hydrogen (secondary N) is 1. The Morgan fingerprint density at radius 2 is 1.85 bits per heavy atom. The Labute approximate surface area is 157 Å². The monoisotopic (exact) mass is 373 g/mol. The quantitative estimate of drug-likeness (QED) is 0.591. The van der Waals surface area contributed by atoms with Gasteiger partial charge in [-0.2, -0.15) is 0 Å². The van der Waals surface area contributed by atoms with Crippen LogP contribution in [0.1, 0.15) is 56.3 Å². The van der Waals surface area contributed by atoms with E-state index in [1.807, 2.05) is 0 Å². The molecule has 2 aromatic rings. The third-order valence-electron chi connectivity index (χ3n) is 4.10. The second-order valence-corrected chi connectivity index (χ2v) is 5.99. The lowest BCUT2D eigenvalue weighted by Crippen LogP contribution is -2.25. The van der Waals surface area contributed by atoms with Crippen molar-refractivity contribution in [2.24, 2.45) is 0 Å². The van der Waals surface area contributed by atoms with Gasteiger partial charge in [0.15, 0.2) is 6.10 Å². The Hall–Kier alpha value is -3.09. The Kier molecular flexibility index (Phi) is 6.39. The molecule has 1 aromatic heterocycles. The van der Waals surface area contributed by atoms with E-state index in [1.165, 1.54) is 13.2 Å². The summed E-state index contributed by atoms with van der Waals surface area (Å²) in [6.45, 7) is 6.98. The van der Waals surface area contributed by atoms with Crippen molar-refractivity contribution >= 4 is 17.7 Å². The summed E-state index contributed by atoms with van der Waals surface area (Å²) in [5.41, 5.74) is 2.07. The zero-order valence-corrected chi connectivity index (χ0v) is 16.0. The molecule has 0 aliphatic heterocycles. The number of ether oxygens (including phenoxy) is 3. The molecule has 0 bridgehead atoms. The number of aromatic nitrogens is 1. The number of hydrogen-bond donors (Lipinski definition) is 1. The van der Waals surface area contributed by atoms with Gasteiger partial charge in [-0.15, -0.1) is 0 Å². The standard InChI is InChI=1S/C20H23NO6/c1-6-26-20(24)16-11(2)17(21-12(16)3)18(22)13(4)27-15-9-7-8-14(10-15)19(23)25-5/h7-10,13,21H,6H2,1-5H3/t13-/m0/s1. The molecular weight excluding hydrogens is 350 g/mol. The van der Waals surface area contributed by atoms with Gasteiger partial charge in [0, 0.05) is 5.69 Å². The number of aryl methyl sites for hydroxylation is 1. The van der Waals surface area contributed by atoms with Crippen molar-refractivity contribution in [2.75, 3.05) is 13.7 Å². The van der Waals surface area contributed by atoms with E-state index in [0.29, 0.717) is 33.8 Å². The van der Waals surface area contributed by atoms with Crippen LogP contribution in [-0.2, 0) is 9.47 Å². The average molecular weight is 373 g/mol. The molecule has 7 heteroatoms. The van der Waals surface area contributed by atoms with E-state index in [1.54, 1.807) is 45.9 Å². The first-order valence-electron chi connectivity index (χ1n) is 8.55. The van der Waals surface area contributed by atoms with Crippen LogP contribution in [0.25, 0.3) is 0 Å². The number of benzene rings is 1. The van der Waals surface area contributed by atoms with Crippen molar-refractivity contribution < 1.29 is 28.6 Å². The minimum atomic E-state index is -0.829. The zero-order chi connectivity index (χ0) is 20.1. The molecule has 0 saturated carbocycles. The molecule has 2 rings (SSSR count). The van der Waals surface area contributed by atoms with Gasteiger partial charge in [0.25, 0.3) is 0 Å². The smallest absolute Gasteiger partial charge is 0.340 e. The lowest BCUT2D eigenvalue weighted by atomic mass is 10.1. The zero-order valence-electron chi connectivity index (χ0n) is 16.0. The number of ketones is 1. The van der Waals surface area contributed by atoms with Crippen molar-refractivity contribution in [3.8, 4) is 5.75 Å². The molecule has 1 N–H and O–H groups in total. The Balaban J connectivity index is 2.22. The molecule has 1 atom stereocenters. The van der Waals surface area contributed by atoms with Gasteiger partial charge in [0.2, 0.25) is 5.78 Å². The number of methoxy groups -OCH3 is 1. The Morgan fingerprint density at radius 1 is 1.15 bits per heavy atom. The second kappa shape index (κ2) is 8.53. The molecule has 0 unspecified atom stereocenters. The van der Waals surface area contributed by atoms with Gasteiger partial charge < -0.3 is 19.2 Å². The van der Waals surface area contributed by atoms with Gasteiger partial charge in [0.1, 0.15) is 5.75 Å². The maximum atomic E-state index is 12.8. The molecule has 0 saturated heterocycles. The van der Waals surface area contributed by atoms with Gasteiger partial charge in [0.05, 0.1) is 30.5 Å². The largest absolute Gasteiger partial charge is 0.482 e. The minimum Gasteiger partial charge on any atom is -0.482 e. The van der Waals surface area contributed by atoms with Gasteiger partial charge in [-0.1, -0.05) is 6.07 Å². The van der Waals surface area contributed by atoms with E-state index >= 15 is 0 Å². The fourth-order valence-corrected chi connectivity index (χ4v) is 2.78. The van der Waals surface area contributed by atoms with Gasteiger partial charge in [-0.05, 0) is 51.5 Å². The van der Waals surface area contributed by atoms with Crippen LogP contribution in [0.3, 0.4) is 0 Å². The summed E-state index contributed by atoms with van der Waals surface area (Å²) >= 11 is 0. The van der Waals surface area contributed by atoms with E-state index in [-0.39, 0.29) is 12.4 Å². The molecule has 0 fully saturated rings. The Bertz CT molecular complexity index is 867. The normalized spacial score (nSPS) is 11.6. The maximum Gasteiger partial charge on any atom is 0.340 e. The van der Waals surface area contributed by atoms with Gasteiger partial charge >= 0.3 is 11.9 Å². The highest BCUT2D eigenvalue weighted by Gasteiger charge is 2.26. The molecule has 0 spiro atoms. The van der Waals surface area contributed by atoms with Gasteiger partial charge in [-0.3, -0.25) is 4.79 Å². The predicted molar refractivity (Wildman–Crippen MR) is 98.4 cm³/mol. The maximum absolute atomic E-state index is 12.8. The summed E-state index contributed by atoms with van der Waals surface area (Å²) in [6.07, 6.45) is -0.829. The predicted octanol–water partition coefficient (Wildman–Crippen LogP) is 3.25. The van der Waals surface area contributed by atoms with Crippen molar-refractivity contribution in [2.45, 2.75) is 33.8 Å². The molecule has 0 aliphatic rings. The molecule has 0 radical (unpaired) electrons. The number of rotatable bonds is 7. The van der Waals surface area contributed by atoms with Crippen LogP contribution in [-0.4, -0.2) is 42.5 Å². The number of hydrogen-bond acceptors (Lipinski definition) is 6. The van der Waals surface area contributed by atoms with E-state index in [0.717, 1.165) is 0 Å². The molecule has 1 heterocycles. The van der Waals surface area contributed by atoms with Crippen molar-refractivity contribution in [1.29, 1.82) is 0 Å². The number of H-pyrrole nitrogens is 1. The first kappa shape index (κ1) is 20.2. The number of esters is 2. The average Bonchev–Trinajstić information content (AvgIpc) is 2.95. The second-order valence-electron chi connectivity index (χ2n) is 5.99. The highest BCUT2D eigenvalue weighted by atomic mass is 16.5. The third-order valence-corrected chi connectivity index (χ3v) is 4.10. The summed E-state index contributed by atoms with van der Waals surface area (Å²) in [5, 5.41) is 0. The number of aromatic amines is 1. The van der Waals surface area contributed by atoms with Crippen LogP contribution in [0, 0.1) is 13.8 Å². The number of carbonyl (C=O) groups excluding carboxylic acids is 3. The molecule has 0 aliphatic carbocycles. The summed E-state index contributed by atoms with van der Waals surface area (Å²) < 4.78 is 15.4. The summed E-state index contributed by atoms with van der Waals surface area (Å²) in [4.78, 5) is 39.4. The molecule has 1 aromatic carbocycles. The lowest BCUT2D eigenvalue weighted by Gasteiger charge is -2.14. The molecule has 144 valence electrons. The fourth-order valence-electron chi connectivity index (χ4n) is 2.78. The van der Waals surface area contributed by atoms with E-state index in [2.05, 4.69) is 9.72 Å². The van der Waals surface area contributed by atoms with Crippen LogP contribution in [0.2, 0.25) is 0 Å². The highest BCUT2D eigenvalue weighted by molar-refractivity contribution is 6.03. The molecule has 0 amide bonds. The topological polar surface area (TPSA) is 94.7 Å². The van der Waals surface area contributed by atoms with Crippen LogP contribution in [0.15, 0.2) is 24.3 Å². The van der Waals surface area contributed by atoms with Crippen LogP contribution in [0.4, 0.5) is 0 Å². The SMILES string of the molecule is CCOC(=O)c1c(C)[nH]c(C(=O)[C@H](C)Oc2cccc(C(=O)OC)c2)c1C. The van der Waals surface area contributed by atoms with Crippen molar-refractivity contribution in [1.82, 2.24) is 4.98 Å².